The summed E-state index contributed by atoms with van der Waals surface area (Å²) in [5.41, 5.74) is 1.43. The first-order valence-corrected chi connectivity index (χ1v) is 14.8. The summed E-state index contributed by atoms with van der Waals surface area (Å²) in [6.07, 6.45) is -3.76. The fourth-order valence-corrected chi connectivity index (χ4v) is 5.85. The fourth-order valence-electron chi connectivity index (χ4n) is 5.85. The van der Waals surface area contributed by atoms with E-state index in [0.29, 0.717) is 65.4 Å². The number of esters is 1. The Morgan fingerprint density at radius 2 is 1.85 bits per heavy atom. The number of carbonyl (C=O) groups is 2. The number of hydrogen-bond donors (Lipinski definition) is 1. The van der Waals surface area contributed by atoms with E-state index in [4.69, 9.17) is 14.2 Å². The Morgan fingerprint density at radius 1 is 1.15 bits per heavy atom. The predicted octanol–water partition coefficient (Wildman–Crippen LogP) is 3.95. The molecule has 47 heavy (non-hydrogen) atoms. The van der Waals surface area contributed by atoms with Crippen LogP contribution in [0.15, 0.2) is 29.1 Å². The van der Waals surface area contributed by atoms with E-state index < -0.39 is 59.6 Å². The second-order valence-corrected chi connectivity index (χ2v) is 11.4. The predicted molar refractivity (Wildman–Crippen MR) is 160 cm³/mol. The van der Waals surface area contributed by atoms with Gasteiger partial charge in [-0.2, -0.15) is 13.2 Å². The summed E-state index contributed by atoms with van der Waals surface area (Å²) in [4.78, 5) is 44.4. The number of methoxy groups -OCH3 is 1. The highest BCUT2D eigenvalue weighted by Gasteiger charge is 2.46. The SMILES string of the molecule is COC(=O)[C@H](Cc1ccc(-c2nc(C)c(C)n(C)c2=O)c2c1CCCO2)NC(=O)c1c(F)cc(N2CCOC[C@@H]2C(F)(F)F)cc1F. The number of alkyl halides is 3. The van der Waals surface area contributed by atoms with Gasteiger partial charge in [-0.25, -0.2) is 18.6 Å². The van der Waals surface area contributed by atoms with E-state index >= 15 is 8.78 Å². The van der Waals surface area contributed by atoms with Gasteiger partial charge in [-0.1, -0.05) is 6.07 Å². The van der Waals surface area contributed by atoms with Crippen LogP contribution in [-0.2, 0) is 34.2 Å². The molecule has 0 radical (unpaired) electrons. The van der Waals surface area contributed by atoms with E-state index in [1.807, 2.05) is 0 Å². The maximum atomic E-state index is 15.2. The summed E-state index contributed by atoms with van der Waals surface area (Å²) in [6.45, 7) is 2.85. The van der Waals surface area contributed by atoms with Crippen molar-refractivity contribution in [3.63, 3.8) is 0 Å². The molecule has 0 spiro atoms. The third-order valence-electron chi connectivity index (χ3n) is 8.55. The normalized spacial score (nSPS) is 17.0. The van der Waals surface area contributed by atoms with Crippen molar-refractivity contribution in [2.45, 2.75) is 51.4 Å². The average molecular weight is 665 g/mol. The fraction of sp³-hybridized carbons (Fsp3) is 0.438. The van der Waals surface area contributed by atoms with Gasteiger partial charge in [-0.05, 0) is 56.0 Å². The van der Waals surface area contributed by atoms with Crippen LogP contribution in [-0.4, -0.2) is 73.2 Å². The molecule has 0 saturated carbocycles. The number of ether oxygens (including phenoxy) is 3. The molecule has 2 aromatic carbocycles. The molecule has 0 bridgehead atoms. The van der Waals surface area contributed by atoms with E-state index in [1.54, 1.807) is 33.0 Å². The first kappa shape index (κ1) is 33.8. The summed E-state index contributed by atoms with van der Waals surface area (Å²) in [5.74, 6) is -4.63. The number of benzene rings is 2. The minimum Gasteiger partial charge on any atom is -0.493 e. The number of morpholine rings is 1. The Bertz CT molecular complexity index is 1750. The van der Waals surface area contributed by atoms with Gasteiger partial charge in [0.1, 0.15) is 40.7 Å². The molecule has 1 N–H and O–H groups in total. The van der Waals surface area contributed by atoms with Crippen molar-refractivity contribution >= 4 is 17.6 Å². The van der Waals surface area contributed by atoms with Crippen LogP contribution in [0.25, 0.3) is 11.3 Å². The Balaban J connectivity index is 1.45. The molecule has 1 aromatic heterocycles. The highest BCUT2D eigenvalue weighted by Crippen LogP contribution is 2.38. The molecule has 252 valence electrons. The number of rotatable bonds is 7. The number of nitrogens with zero attached hydrogens (tertiary/aromatic N) is 3. The molecule has 15 heteroatoms. The zero-order valence-corrected chi connectivity index (χ0v) is 26.1. The molecule has 1 amide bonds. The van der Waals surface area contributed by atoms with Gasteiger partial charge in [0, 0.05) is 37.0 Å². The smallest absolute Gasteiger partial charge is 0.411 e. The van der Waals surface area contributed by atoms with Crippen molar-refractivity contribution in [1.29, 1.82) is 0 Å². The third kappa shape index (κ3) is 6.66. The molecule has 3 aromatic rings. The monoisotopic (exact) mass is 664 g/mol. The standard InChI is InChI=1S/C32H33F5N4O6/c1-16-17(2)40(3)30(43)27(38-16)21-8-7-18(20-6-5-10-47-28(20)21)12-24(31(44)45-4)39-29(42)26-22(33)13-19(14-23(26)34)41-9-11-46-15-25(41)32(35,36)37/h7-8,13-14,24-25H,5-6,9-12,15H2,1-4H3,(H,39,42)/t24-,25+/m0/s1. The number of hydrogen-bond acceptors (Lipinski definition) is 8. The number of carbonyl (C=O) groups excluding carboxylic acids is 2. The number of halogens is 5. The Labute approximate surface area is 266 Å². The van der Waals surface area contributed by atoms with Crippen molar-refractivity contribution in [2.75, 3.05) is 38.4 Å². The van der Waals surface area contributed by atoms with Crippen LogP contribution in [0.1, 0.15) is 39.3 Å². The minimum absolute atomic E-state index is 0.0909. The van der Waals surface area contributed by atoms with E-state index in [9.17, 15) is 27.6 Å². The number of amides is 1. The van der Waals surface area contributed by atoms with E-state index in [1.165, 1.54) is 4.57 Å². The average Bonchev–Trinajstić information content (AvgIpc) is 3.04. The number of fused-ring (bicyclic) bond motifs is 1. The van der Waals surface area contributed by atoms with Gasteiger partial charge in [0.25, 0.3) is 11.5 Å². The molecule has 5 rings (SSSR count). The first-order chi connectivity index (χ1) is 22.2. The molecule has 0 aliphatic carbocycles. The second-order valence-electron chi connectivity index (χ2n) is 11.4. The maximum absolute atomic E-state index is 15.2. The lowest BCUT2D eigenvalue weighted by molar-refractivity contribution is -0.167. The van der Waals surface area contributed by atoms with Gasteiger partial charge < -0.3 is 29.0 Å². The molecule has 1 fully saturated rings. The largest absolute Gasteiger partial charge is 0.493 e. The van der Waals surface area contributed by atoms with Crippen LogP contribution in [0.3, 0.4) is 0 Å². The van der Waals surface area contributed by atoms with Gasteiger partial charge in [0.05, 0.1) is 32.6 Å². The van der Waals surface area contributed by atoms with Crippen LogP contribution >= 0.6 is 0 Å². The summed E-state index contributed by atoms with van der Waals surface area (Å²) in [5, 5.41) is 2.32. The quantitative estimate of drug-likeness (QED) is 0.299. The van der Waals surface area contributed by atoms with E-state index in [-0.39, 0.29) is 30.8 Å². The zero-order chi connectivity index (χ0) is 34.2. The van der Waals surface area contributed by atoms with Crippen LogP contribution in [0.4, 0.5) is 27.6 Å². The van der Waals surface area contributed by atoms with Gasteiger partial charge in [-0.15, -0.1) is 0 Å². The van der Waals surface area contributed by atoms with Gasteiger partial charge in [0.15, 0.2) is 0 Å². The number of anilines is 1. The lowest BCUT2D eigenvalue weighted by atomic mass is 9.91. The lowest BCUT2D eigenvalue weighted by Gasteiger charge is -2.38. The molecular weight excluding hydrogens is 631 g/mol. The second kappa shape index (κ2) is 13.3. The number of nitrogens with one attached hydrogen (secondary N) is 1. The van der Waals surface area contributed by atoms with Gasteiger partial charge in [-0.3, -0.25) is 9.59 Å². The molecule has 3 heterocycles. The zero-order valence-electron chi connectivity index (χ0n) is 26.1. The molecule has 2 atom stereocenters. The van der Waals surface area contributed by atoms with Crippen molar-refractivity contribution in [3.8, 4) is 17.0 Å². The summed E-state index contributed by atoms with van der Waals surface area (Å²) in [7, 11) is 2.72. The van der Waals surface area contributed by atoms with Gasteiger partial charge in [0.2, 0.25) is 0 Å². The number of aromatic nitrogens is 2. The number of aryl methyl sites for hydroxylation is 1. The van der Waals surface area contributed by atoms with Crippen LogP contribution in [0, 0.1) is 25.5 Å². The van der Waals surface area contributed by atoms with Crippen LogP contribution in [0.2, 0.25) is 0 Å². The molecule has 1 saturated heterocycles. The molecule has 0 unspecified atom stereocenters. The Hall–Kier alpha value is -4.53. The molecule has 2 aliphatic heterocycles. The summed E-state index contributed by atoms with van der Waals surface area (Å²) in [6, 6.07) is 1.04. The van der Waals surface area contributed by atoms with Crippen LogP contribution < -0.4 is 20.5 Å². The summed E-state index contributed by atoms with van der Waals surface area (Å²) >= 11 is 0. The van der Waals surface area contributed by atoms with Crippen molar-refractivity contribution in [3.05, 3.63) is 74.3 Å². The highest BCUT2D eigenvalue weighted by atomic mass is 19.4. The lowest BCUT2D eigenvalue weighted by Crippen LogP contribution is -2.53. The van der Waals surface area contributed by atoms with E-state index in [2.05, 4.69) is 10.3 Å². The van der Waals surface area contributed by atoms with E-state index in [0.717, 1.165) is 12.0 Å². The third-order valence-corrected chi connectivity index (χ3v) is 8.55. The molecular formula is C32H33F5N4O6. The van der Waals surface area contributed by atoms with Gasteiger partial charge >= 0.3 is 12.1 Å². The van der Waals surface area contributed by atoms with Crippen molar-refractivity contribution < 1.29 is 45.8 Å². The maximum Gasteiger partial charge on any atom is 0.411 e. The molecule has 10 nitrogen and oxygen atoms in total. The highest BCUT2D eigenvalue weighted by molar-refractivity contribution is 5.97. The first-order valence-electron chi connectivity index (χ1n) is 14.8. The van der Waals surface area contributed by atoms with Crippen molar-refractivity contribution in [2.24, 2.45) is 7.05 Å². The van der Waals surface area contributed by atoms with Crippen molar-refractivity contribution in [1.82, 2.24) is 14.9 Å². The Kier molecular flexibility index (Phi) is 9.57. The topological polar surface area (TPSA) is 112 Å². The Morgan fingerprint density at radius 3 is 2.51 bits per heavy atom. The summed E-state index contributed by atoms with van der Waals surface area (Å²) < 4.78 is 88.4. The van der Waals surface area contributed by atoms with Crippen LogP contribution in [0.5, 0.6) is 5.75 Å². The minimum atomic E-state index is -4.73. The molecule has 2 aliphatic rings.